The zero-order valence-corrected chi connectivity index (χ0v) is 47.5. The molecule has 0 bridgehead atoms. The van der Waals surface area contributed by atoms with E-state index in [4.69, 9.17) is 33.2 Å². The van der Waals surface area contributed by atoms with Crippen molar-refractivity contribution in [1.82, 2.24) is 0 Å². The van der Waals surface area contributed by atoms with Gasteiger partial charge in [-0.3, -0.25) is 9.59 Å². The summed E-state index contributed by atoms with van der Waals surface area (Å²) in [5.74, 6) is 2.45. The summed E-state index contributed by atoms with van der Waals surface area (Å²) in [4.78, 5) is 24.3. The molecule has 0 N–H and O–H groups in total. The third-order valence-corrected chi connectivity index (χ3v) is 15.6. The van der Waals surface area contributed by atoms with E-state index < -0.39 is 0 Å². The molecule has 7 rings (SSSR count). The molecule has 418 valence electrons. The van der Waals surface area contributed by atoms with Crippen molar-refractivity contribution in [2.75, 3.05) is 39.6 Å². The maximum absolute atomic E-state index is 12.6. The van der Waals surface area contributed by atoms with Crippen molar-refractivity contribution in [1.29, 1.82) is 0 Å². The molecule has 1 saturated carbocycles. The fraction of sp³-hybridized carbons (Fsp3) is 0.612. The predicted octanol–water partition coefficient (Wildman–Crippen LogP) is 16.6. The van der Waals surface area contributed by atoms with Crippen LogP contribution in [0.3, 0.4) is 0 Å². The maximum Gasteiger partial charge on any atom is 0.309 e. The largest absolute Gasteiger partial charge is 0.494 e. The molecule has 2 saturated heterocycles. The van der Waals surface area contributed by atoms with Crippen LogP contribution in [0.5, 0.6) is 5.75 Å². The smallest absolute Gasteiger partial charge is 0.309 e. The Morgan fingerprint density at radius 2 is 1.03 bits per heavy atom. The highest BCUT2D eigenvalue weighted by Gasteiger charge is 2.29. The van der Waals surface area contributed by atoms with Gasteiger partial charge in [0, 0.05) is 24.7 Å². The fourth-order valence-electron chi connectivity index (χ4n) is 10.5. The minimum atomic E-state index is -0.182. The Morgan fingerprint density at radius 1 is 0.526 bits per heavy atom. The topological polar surface area (TPSA) is 98.8 Å². The van der Waals surface area contributed by atoms with Gasteiger partial charge < -0.3 is 33.2 Å². The number of aryl methyl sites for hydroxylation is 3. The lowest BCUT2D eigenvalue weighted by Gasteiger charge is -2.30. The first-order valence-electron chi connectivity index (χ1n) is 29.9. The number of carbonyl (C=O) groups is 2. The molecule has 9 nitrogen and oxygen atoms in total. The summed E-state index contributed by atoms with van der Waals surface area (Å²) in [5.41, 5.74) is 8.76. The number of esters is 2. The van der Waals surface area contributed by atoms with Gasteiger partial charge in [0.15, 0.2) is 12.6 Å². The van der Waals surface area contributed by atoms with E-state index in [-0.39, 0.29) is 42.5 Å². The molecule has 1 unspecified atom stereocenters. The molecule has 1 aliphatic carbocycles. The highest BCUT2D eigenvalue weighted by molar-refractivity contribution is 5.72. The van der Waals surface area contributed by atoms with Gasteiger partial charge in [-0.05, 0) is 144 Å². The quantitative estimate of drug-likeness (QED) is 0.0373. The molecular formula is C67H96O9. The summed E-state index contributed by atoms with van der Waals surface area (Å²) in [6, 6.07) is 34.4. The van der Waals surface area contributed by atoms with E-state index in [1.54, 1.807) is 0 Å². The van der Waals surface area contributed by atoms with Crippen LogP contribution in [-0.2, 0) is 44.4 Å². The SMILES string of the molecule is CCCCCC(=O)OCC1COC(CCc2ccc(-c3ccc(C)cc3)cc2)OC1.CCCCCC(C)OC(=O)C1CCC(CCCCC2COC(CCCCCCOc3ccc(-c4ccc(C)cc4)cc3)OC2)CC1. The number of unbranched alkanes of at least 4 members (excludes halogenated alkanes) is 8. The summed E-state index contributed by atoms with van der Waals surface area (Å²) in [7, 11) is 0. The first-order valence-corrected chi connectivity index (χ1v) is 29.9. The van der Waals surface area contributed by atoms with Crippen LogP contribution >= 0.6 is 0 Å². The van der Waals surface area contributed by atoms with Crippen LogP contribution in [0.1, 0.15) is 179 Å². The van der Waals surface area contributed by atoms with Gasteiger partial charge in [0.2, 0.25) is 0 Å². The average Bonchev–Trinajstić information content (AvgIpc) is 3.44. The second-order valence-corrected chi connectivity index (χ2v) is 22.4. The maximum atomic E-state index is 12.6. The summed E-state index contributed by atoms with van der Waals surface area (Å²) in [5, 5.41) is 0. The van der Waals surface area contributed by atoms with E-state index in [0.29, 0.717) is 32.2 Å². The van der Waals surface area contributed by atoms with Crippen LogP contribution in [0.25, 0.3) is 22.3 Å². The summed E-state index contributed by atoms with van der Waals surface area (Å²) in [6.45, 7) is 14.6. The Kier molecular flexibility index (Phi) is 28.0. The lowest BCUT2D eigenvalue weighted by Crippen LogP contribution is -2.35. The molecule has 4 aromatic rings. The van der Waals surface area contributed by atoms with Gasteiger partial charge in [-0.15, -0.1) is 0 Å². The van der Waals surface area contributed by atoms with Gasteiger partial charge >= 0.3 is 11.9 Å². The van der Waals surface area contributed by atoms with Crippen molar-refractivity contribution in [3.63, 3.8) is 0 Å². The van der Waals surface area contributed by atoms with E-state index in [2.05, 4.69) is 132 Å². The molecule has 0 spiro atoms. The monoisotopic (exact) mass is 1040 g/mol. The average molecular weight is 1050 g/mol. The standard InChI is InChI=1S/C41H62O5.C26H34O4/c1-4-5-8-13-33(3)46-41(42)38-23-19-34(20-24-38)14-10-11-15-35-30-44-40(45-31-35)16-9-6-7-12-29-43-39-27-25-37(26-28-39)36-21-17-32(2)18-22-36;1-3-4-5-6-25(27)28-17-22-18-29-26(30-19-22)16-11-21-9-14-24(15-10-21)23-12-7-20(2)8-13-23/h17-18,21-22,25-28,33-35,38,40H,4-16,19-20,23-24,29-31H2,1-3H3;7-10,12-15,22,26H,3-6,11,16-19H2,1-2H3. The predicted molar refractivity (Wildman–Crippen MR) is 307 cm³/mol. The van der Waals surface area contributed by atoms with Gasteiger partial charge in [0.05, 0.1) is 51.7 Å². The normalized spacial score (nSPS) is 21.0. The molecule has 0 amide bonds. The lowest BCUT2D eigenvalue weighted by atomic mass is 9.79. The number of benzene rings is 4. The van der Waals surface area contributed by atoms with E-state index in [9.17, 15) is 9.59 Å². The third-order valence-electron chi connectivity index (χ3n) is 15.6. The minimum absolute atomic E-state index is 0.0271. The molecule has 1 atom stereocenters. The van der Waals surface area contributed by atoms with Crippen LogP contribution < -0.4 is 4.74 Å². The van der Waals surface area contributed by atoms with Crippen molar-refractivity contribution in [3.8, 4) is 28.0 Å². The Bertz CT molecular complexity index is 2150. The summed E-state index contributed by atoms with van der Waals surface area (Å²) in [6.07, 6.45) is 24.7. The van der Waals surface area contributed by atoms with Crippen molar-refractivity contribution in [3.05, 3.63) is 114 Å². The van der Waals surface area contributed by atoms with Crippen molar-refractivity contribution in [2.24, 2.45) is 23.7 Å². The summed E-state index contributed by atoms with van der Waals surface area (Å²) >= 11 is 0. The third kappa shape index (κ3) is 23.2. The van der Waals surface area contributed by atoms with Gasteiger partial charge in [0.1, 0.15) is 5.75 Å². The van der Waals surface area contributed by atoms with Crippen LogP contribution in [0, 0.1) is 37.5 Å². The molecule has 4 aromatic carbocycles. The second kappa shape index (κ2) is 35.1. The van der Waals surface area contributed by atoms with E-state index >= 15 is 0 Å². The molecule has 2 aliphatic heterocycles. The molecule has 9 heteroatoms. The minimum Gasteiger partial charge on any atom is -0.494 e. The van der Waals surface area contributed by atoms with Crippen molar-refractivity contribution < 1.29 is 42.7 Å². The van der Waals surface area contributed by atoms with E-state index in [0.717, 1.165) is 109 Å². The number of hydrogen-bond acceptors (Lipinski definition) is 9. The Morgan fingerprint density at radius 3 is 1.62 bits per heavy atom. The van der Waals surface area contributed by atoms with Crippen LogP contribution in [-0.4, -0.2) is 70.3 Å². The number of rotatable bonds is 30. The van der Waals surface area contributed by atoms with Gasteiger partial charge in [-0.25, -0.2) is 0 Å². The Hall–Kier alpha value is -4.54. The molecular weight excluding hydrogens is 949 g/mol. The second-order valence-electron chi connectivity index (χ2n) is 22.4. The lowest BCUT2D eigenvalue weighted by molar-refractivity contribution is -0.209. The Labute approximate surface area is 458 Å². The number of carbonyl (C=O) groups excluding carboxylic acids is 2. The molecule has 0 radical (unpaired) electrons. The van der Waals surface area contributed by atoms with Gasteiger partial charge in [-0.2, -0.15) is 0 Å². The zero-order chi connectivity index (χ0) is 53.6. The van der Waals surface area contributed by atoms with Crippen molar-refractivity contribution >= 4 is 11.9 Å². The van der Waals surface area contributed by atoms with Gasteiger partial charge in [-0.1, -0.05) is 168 Å². The highest BCUT2D eigenvalue weighted by Crippen LogP contribution is 2.34. The number of hydrogen-bond donors (Lipinski definition) is 0. The van der Waals surface area contributed by atoms with Crippen LogP contribution in [0.15, 0.2) is 97.1 Å². The van der Waals surface area contributed by atoms with E-state index in [1.165, 1.54) is 103 Å². The summed E-state index contributed by atoms with van der Waals surface area (Å²) < 4.78 is 40.9. The molecule has 0 aromatic heterocycles. The highest BCUT2D eigenvalue weighted by atomic mass is 16.7. The first-order chi connectivity index (χ1) is 37.1. The molecule has 76 heavy (non-hydrogen) atoms. The van der Waals surface area contributed by atoms with Crippen LogP contribution in [0.4, 0.5) is 0 Å². The Balaban J connectivity index is 0.000000269. The molecule has 3 fully saturated rings. The van der Waals surface area contributed by atoms with Crippen LogP contribution in [0.2, 0.25) is 0 Å². The van der Waals surface area contributed by atoms with Crippen molar-refractivity contribution in [2.45, 2.75) is 201 Å². The first kappa shape index (κ1) is 60.7. The van der Waals surface area contributed by atoms with E-state index in [1.807, 2.05) is 0 Å². The molecule has 3 aliphatic rings. The molecule has 2 heterocycles. The van der Waals surface area contributed by atoms with Gasteiger partial charge in [0.25, 0.3) is 0 Å². The fourth-order valence-corrected chi connectivity index (χ4v) is 10.5. The zero-order valence-electron chi connectivity index (χ0n) is 47.5. The number of ether oxygens (including phenoxy) is 7.